The Hall–Kier alpha value is -3.94. The molecule has 1 amide bonds. The van der Waals surface area contributed by atoms with Crippen molar-refractivity contribution in [3.8, 4) is 0 Å². The van der Waals surface area contributed by atoms with Gasteiger partial charge in [-0.25, -0.2) is 9.78 Å². The molecule has 0 saturated heterocycles. The number of benzene rings is 2. The first-order valence-electron chi connectivity index (χ1n) is 8.70. The summed E-state index contributed by atoms with van der Waals surface area (Å²) < 4.78 is 7.07. The smallest absolute Gasteiger partial charge is 0.411 e. The summed E-state index contributed by atoms with van der Waals surface area (Å²) in [6, 6.07) is 16.7. The van der Waals surface area contributed by atoms with E-state index >= 15 is 0 Å². The van der Waals surface area contributed by atoms with Gasteiger partial charge in [-0.3, -0.25) is 9.72 Å². The number of anilines is 3. The molecular formula is C20H18N6O2. The van der Waals surface area contributed by atoms with Crippen molar-refractivity contribution in [2.45, 2.75) is 13.5 Å². The van der Waals surface area contributed by atoms with Crippen LogP contribution in [0.25, 0.3) is 5.65 Å². The summed E-state index contributed by atoms with van der Waals surface area (Å²) in [4.78, 5) is 16.2. The molecule has 0 aliphatic carbocycles. The lowest BCUT2D eigenvalue weighted by Gasteiger charge is -2.09. The lowest BCUT2D eigenvalue weighted by atomic mass is 10.2. The van der Waals surface area contributed by atoms with E-state index < -0.39 is 6.09 Å². The van der Waals surface area contributed by atoms with Crippen molar-refractivity contribution in [2.75, 3.05) is 10.6 Å². The van der Waals surface area contributed by atoms with Crippen molar-refractivity contribution in [1.82, 2.24) is 19.6 Å². The van der Waals surface area contributed by atoms with E-state index in [9.17, 15) is 4.79 Å². The summed E-state index contributed by atoms with van der Waals surface area (Å²) in [6.45, 7) is 2.10. The number of aromatic nitrogens is 4. The summed E-state index contributed by atoms with van der Waals surface area (Å²) in [5, 5.41) is 14.1. The number of amides is 1. The first kappa shape index (κ1) is 17.5. The zero-order valence-electron chi connectivity index (χ0n) is 15.2. The molecule has 0 fully saturated rings. The molecule has 0 bridgehead atoms. The van der Waals surface area contributed by atoms with E-state index in [2.05, 4.69) is 25.8 Å². The summed E-state index contributed by atoms with van der Waals surface area (Å²) >= 11 is 0. The zero-order chi connectivity index (χ0) is 19.3. The molecule has 0 aliphatic rings. The molecule has 2 heterocycles. The highest BCUT2D eigenvalue weighted by atomic mass is 16.5. The molecule has 0 aliphatic heterocycles. The Kier molecular flexibility index (Phi) is 4.83. The Morgan fingerprint density at radius 1 is 1.04 bits per heavy atom. The fourth-order valence-electron chi connectivity index (χ4n) is 2.68. The Labute approximate surface area is 161 Å². The Morgan fingerprint density at radius 2 is 1.79 bits per heavy atom. The normalized spacial score (nSPS) is 10.6. The molecule has 0 atom stereocenters. The van der Waals surface area contributed by atoms with Gasteiger partial charge in [-0.05, 0) is 36.8 Å². The molecule has 0 saturated carbocycles. The van der Waals surface area contributed by atoms with Crippen LogP contribution in [0.4, 0.5) is 22.0 Å². The first-order valence-corrected chi connectivity index (χ1v) is 8.70. The third-order valence-corrected chi connectivity index (χ3v) is 4.10. The molecule has 2 aromatic carbocycles. The van der Waals surface area contributed by atoms with Crippen molar-refractivity contribution in [3.63, 3.8) is 0 Å². The van der Waals surface area contributed by atoms with Gasteiger partial charge in [0.2, 0.25) is 5.65 Å². The molecule has 140 valence electrons. The predicted octanol–water partition coefficient (Wildman–Crippen LogP) is 3.93. The van der Waals surface area contributed by atoms with Crippen LogP contribution in [0.5, 0.6) is 0 Å². The Bertz CT molecular complexity index is 1090. The largest absolute Gasteiger partial charge is 0.444 e. The van der Waals surface area contributed by atoms with Crippen LogP contribution >= 0.6 is 0 Å². The van der Waals surface area contributed by atoms with Crippen LogP contribution in [-0.2, 0) is 11.3 Å². The summed E-state index contributed by atoms with van der Waals surface area (Å²) in [5.74, 6) is 1.39. The Balaban J connectivity index is 1.37. The topological polar surface area (TPSA) is 93.4 Å². The van der Waals surface area contributed by atoms with Crippen LogP contribution in [-0.4, -0.2) is 25.7 Å². The van der Waals surface area contributed by atoms with Crippen LogP contribution in [0.2, 0.25) is 0 Å². The minimum atomic E-state index is -0.505. The van der Waals surface area contributed by atoms with E-state index in [0.717, 1.165) is 17.1 Å². The van der Waals surface area contributed by atoms with E-state index in [1.165, 1.54) is 0 Å². The van der Waals surface area contributed by atoms with E-state index in [1.54, 1.807) is 18.3 Å². The summed E-state index contributed by atoms with van der Waals surface area (Å²) in [5.41, 5.74) is 3.02. The number of rotatable bonds is 5. The molecule has 4 aromatic rings. The van der Waals surface area contributed by atoms with E-state index in [-0.39, 0.29) is 6.61 Å². The number of nitrogens with one attached hydrogen (secondary N) is 2. The molecule has 0 spiro atoms. The predicted molar refractivity (Wildman–Crippen MR) is 105 cm³/mol. The highest BCUT2D eigenvalue weighted by Crippen LogP contribution is 2.20. The third-order valence-electron chi connectivity index (χ3n) is 4.10. The van der Waals surface area contributed by atoms with Gasteiger partial charge in [0.1, 0.15) is 12.4 Å². The number of carbonyl (C=O) groups excluding carboxylic acids is 1. The van der Waals surface area contributed by atoms with Crippen molar-refractivity contribution in [1.29, 1.82) is 0 Å². The lowest BCUT2D eigenvalue weighted by molar-refractivity contribution is 0.155. The third kappa shape index (κ3) is 3.90. The number of aryl methyl sites for hydroxylation is 1. The number of fused-ring (bicyclic) bond motifs is 1. The molecular weight excluding hydrogens is 356 g/mol. The van der Waals surface area contributed by atoms with Gasteiger partial charge in [-0.15, -0.1) is 10.2 Å². The van der Waals surface area contributed by atoms with Crippen LogP contribution in [0.1, 0.15) is 11.4 Å². The minimum Gasteiger partial charge on any atom is -0.444 e. The van der Waals surface area contributed by atoms with Gasteiger partial charge in [0.05, 0.1) is 0 Å². The molecule has 8 nitrogen and oxygen atoms in total. The maximum atomic E-state index is 11.9. The lowest BCUT2D eigenvalue weighted by Crippen LogP contribution is -2.13. The van der Waals surface area contributed by atoms with Crippen molar-refractivity contribution < 1.29 is 9.53 Å². The minimum absolute atomic E-state index is 0.222. The molecule has 2 N–H and O–H groups in total. The second-order valence-electron chi connectivity index (χ2n) is 6.11. The van der Waals surface area contributed by atoms with E-state index in [4.69, 9.17) is 4.74 Å². The van der Waals surface area contributed by atoms with Crippen LogP contribution in [0, 0.1) is 6.92 Å². The average Bonchev–Trinajstić information content (AvgIpc) is 3.11. The van der Waals surface area contributed by atoms with Crippen molar-refractivity contribution in [3.05, 3.63) is 78.4 Å². The molecule has 0 unspecified atom stereocenters. The number of ether oxygens (including phenoxy) is 1. The van der Waals surface area contributed by atoms with Gasteiger partial charge >= 0.3 is 6.09 Å². The second-order valence-corrected chi connectivity index (χ2v) is 6.11. The van der Waals surface area contributed by atoms with Gasteiger partial charge in [-0.1, -0.05) is 30.3 Å². The fraction of sp³-hybridized carbons (Fsp3) is 0.100. The number of nitrogens with zero attached hydrogens (tertiary/aromatic N) is 4. The number of carbonyl (C=O) groups is 1. The van der Waals surface area contributed by atoms with E-state index in [1.807, 2.05) is 60.0 Å². The number of hydrogen-bond acceptors (Lipinski definition) is 6. The molecule has 8 heteroatoms. The van der Waals surface area contributed by atoms with Crippen molar-refractivity contribution >= 4 is 28.9 Å². The maximum Gasteiger partial charge on any atom is 0.411 e. The second kappa shape index (κ2) is 7.75. The number of hydrogen-bond donors (Lipinski definition) is 2. The molecule has 0 radical (unpaired) electrons. The van der Waals surface area contributed by atoms with Crippen LogP contribution in [0.15, 0.2) is 67.0 Å². The summed E-state index contributed by atoms with van der Waals surface area (Å²) in [6.07, 6.45) is 2.99. The van der Waals surface area contributed by atoms with Gasteiger partial charge in [0.15, 0.2) is 5.82 Å². The first-order chi connectivity index (χ1) is 13.7. The van der Waals surface area contributed by atoms with Gasteiger partial charge < -0.3 is 10.1 Å². The highest BCUT2D eigenvalue weighted by Gasteiger charge is 2.08. The molecule has 2 aromatic heterocycles. The molecule has 28 heavy (non-hydrogen) atoms. The van der Waals surface area contributed by atoms with Gasteiger partial charge in [0, 0.05) is 23.8 Å². The fourth-order valence-corrected chi connectivity index (χ4v) is 2.68. The monoisotopic (exact) mass is 374 g/mol. The van der Waals surface area contributed by atoms with Crippen LogP contribution < -0.4 is 10.6 Å². The highest BCUT2D eigenvalue weighted by molar-refractivity contribution is 5.85. The average molecular weight is 374 g/mol. The zero-order valence-corrected chi connectivity index (χ0v) is 15.2. The maximum absolute atomic E-state index is 11.9. The molecule has 4 rings (SSSR count). The van der Waals surface area contributed by atoms with Crippen LogP contribution in [0.3, 0.4) is 0 Å². The van der Waals surface area contributed by atoms with E-state index in [0.29, 0.717) is 17.2 Å². The Morgan fingerprint density at radius 3 is 2.57 bits per heavy atom. The SMILES string of the molecule is Cc1nnc2c(Nc3ccc(NC(=O)OCc4ccccc4)cc3)nccn12. The summed E-state index contributed by atoms with van der Waals surface area (Å²) in [7, 11) is 0. The van der Waals surface area contributed by atoms with Gasteiger partial charge in [-0.2, -0.15) is 0 Å². The quantitative estimate of drug-likeness (QED) is 0.550. The van der Waals surface area contributed by atoms with Crippen molar-refractivity contribution in [2.24, 2.45) is 0 Å². The van der Waals surface area contributed by atoms with Gasteiger partial charge in [0.25, 0.3) is 0 Å². The standard InChI is InChI=1S/C20H18N6O2/c1-14-24-25-19-18(21-11-12-26(14)19)22-16-7-9-17(10-8-16)23-20(27)28-13-15-5-3-2-4-6-15/h2-12H,13H2,1H3,(H,21,22)(H,23,27).